The van der Waals surface area contributed by atoms with Crippen molar-refractivity contribution in [3.05, 3.63) is 23.8 Å². The molecule has 172 valence electrons. The van der Waals surface area contributed by atoms with Crippen LogP contribution in [0.15, 0.2) is 18.2 Å². The summed E-state index contributed by atoms with van der Waals surface area (Å²) in [5.41, 5.74) is 2.67. The predicted molar refractivity (Wildman–Crippen MR) is 123 cm³/mol. The number of benzene rings is 1. The molecule has 0 radical (unpaired) electrons. The van der Waals surface area contributed by atoms with Crippen molar-refractivity contribution < 1.29 is 19.4 Å². The lowest BCUT2D eigenvalue weighted by molar-refractivity contribution is -0.120. The van der Waals surface area contributed by atoms with Crippen molar-refractivity contribution in [2.24, 2.45) is 5.92 Å². The van der Waals surface area contributed by atoms with Crippen molar-refractivity contribution in [1.29, 1.82) is 0 Å². The van der Waals surface area contributed by atoms with Gasteiger partial charge in [-0.25, -0.2) is 4.79 Å². The number of carbonyl (C=O) groups is 2. The monoisotopic (exact) mass is 431 g/mol. The van der Waals surface area contributed by atoms with Crippen LogP contribution in [0.3, 0.4) is 0 Å². The number of aliphatic hydroxyl groups is 1. The molecule has 0 aromatic heterocycles. The summed E-state index contributed by atoms with van der Waals surface area (Å²) in [6.07, 6.45) is 2.25. The molecule has 3 rings (SSSR count). The summed E-state index contributed by atoms with van der Waals surface area (Å²) < 4.78 is 5.52. The number of rotatable bonds is 8. The van der Waals surface area contributed by atoms with Crippen LogP contribution in [0.5, 0.6) is 0 Å². The van der Waals surface area contributed by atoms with E-state index in [-0.39, 0.29) is 42.6 Å². The van der Waals surface area contributed by atoms with Gasteiger partial charge in [0.2, 0.25) is 5.91 Å². The number of nitrogens with zero attached hydrogens (tertiary/aromatic N) is 3. The number of carbonyl (C=O) groups excluding carboxylic acids is 2. The van der Waals surface area contributed by atoms with Crippen LogP contribution < -0.4 is 9.80 Å². The Labute approximate surface area is 185 Å². The highest BCUT2D eigenvalue weighted by atomic mass is 16.6. The van der Waals surface area contributed by atoms with Crippen molar-refractivity contribution in [3.8, 4) is 0 Å². The molecular weight excluding hydrogens is 394 g/mol. The number of likely N-dealkylation sites (N-methyl/N-ethyl adjacent to an activating group) is 1. The normalized spacial score (nSPS) is 19.5. The first kappa shape index (κ1) is 23.5. The zero-order valence-electron chi connectivity index (χ0n) is 19.5. The van der Waals surface area contributed by atoms with Crippen LogP contribution in [0, 0.1) is 5.92 Å². The summed E-state index contributed by atoms with van der Waals surface area (Å²) in [4.78, 5) is 31.6. The average Bonchev–Trinajstić information content (AvgIpc) is 3.56. The smallest absolute Gasteiger partial charge is 0.414 e. The summed E-state index contributed by atoms with van der Waals surface area (Å²) in [7, 11) is 2.00. The maximum absolute atomic E-state index is 13.0. The number of aliphatic hydroxyl groups excluding tert-OH is 1. The van der Waals surface area contributed by atoms with Gasteiger partial charge in [0.25, 0.3) is 0 Å². The molecule has 2 atom stereocenters. The summed E-state index contributed by atoms with van der Waals surface area (Å²) in [5.74, 6) is 0.532. The average molecular weight is 432 g/mol. The summed E-state index contributed by atoms with van der Waals surface area (Å²) in [5, 5.41) is 9.24. The van der Waals surface area contributed by atoms with Gasteiger partial charge < -0.3 is 19.6 Å². The largest absolute Gasteiger partial charge is 0.446 e. The second kappa shape index (κ2) is 10.0. The van der Waals surface area contributed by atoms with Crippen molar-refractivity contribution in [1.82, 2.24) is 4.90 Å². The highest BCUT2D eigenvalue weighted by Crippen LogP contribution is 2.42. The minimum absolute atomic E-state index is 0.108. The number of anilines is 2. The van der Waals surface area contributed by atoms with E-state index in [1.807, 2.05) is 38.8 Å². The van der Waals surface area contributed by atoms with Crippen LogP contribution in [0.2, 0.25) is 0 Å². The summed E-state index contributed by atoms with van der Waals surface area (Å²) in [6, 6.07) is 6.02. The van der Waals surface area contributed by atoms with E-state index in [9.17, 15) is 14.7 Å². The van der Waals surface area contributed by atoms with Crippen LogP contribution >= 0.6 is 0 Å². The molecule has 0 saturated heterocycles. The SMILES string of the molecule is CCC(CN(C)CCO)c1ccc2c(c1)N(C(=O)OC(C)C)C[C@H](C)N2C(=O)C1CC1. The van der Waals surface area contributed by atoms with Crippen LogP contribution in [-0.2, 0) is 9.53 Å². The van der Waals surface area contributed by atoms with Crippen LogP contribution in [-0.4, -0.2) is 67.4 Å². The van der Waals surface area contributed by atoms with Gasteiger partial charge in [0.05, 0.1) is 30.1 Å². The van der Waals surface area contributed by atoms with Crippen LogP contribution in [0.25, 0.3) is 0 Å². The van der Waals surface area contributed by atoms with Gasteiger partial charge >= 0.3 is 6.09 Å². The standard InChI is InChI=1S/C24H37N3O4/c1-6-18(15-25(5)11-12-28)20-9-10-21-22(13-20)26(24(30)31-16(2)3)14-17(4)27(21)23(29)19-7-8-19/h9-10,13,16-19,28H,6-8,11-12,14-15H2,1-5H3/t17-,18?/m0/s1. The lowest BCUT2D eigenvalue weighted by Gasteiger charge is -2.41. The van der Waals surface area contributed by atoms with Crippen LogP contribution in [0.1, 0.15) is 58.4 Å². The molecule has 1 aliphatic carbocycles. The quantitative estimate of drug-likeness (QED) is 0.681. The Morgan fingerprint density at radius 2 is 1.97 bits per heavy atom. The molecule has 2 amide bonds. The molecule has 31 heavy (non-hydrogen) atoms. The number of amides is 2. The minimum atomic E-state index is -0.371. The molecule has 1 aromatic carbocycles. The first-order valence-corrected chi connectivity index (χ1v) is 11.5. The highest BCUT2D eigenvalue weighted by Gasteiger charge is 2.41. The van der Waals surface area contributed by atoms with E-state index in [1.54, 1.807) is 4.90 Å². The maximum Gasteiger partial charge on any atom is 0.414 e. The van der Waals surface area contributed by atoms with Crippen molar-refractivity contribution >= 4 is 23.4 Å². The Morgan fingerprint density at radius 3 is 2.55 bits per heavy atom. The molecule has 1 heterocycles. The van der Waals surface area contributed by atoms with E-state index in [0.29, 0.717) is 13.1 Å². The molecule has 1 aromatic rings. The van der Waals surface area contributed by atoms with E-state index in [1.165, 1.54) is 0 Å². The topological polar surface area (TPSA) is 73.3 Å². The molecule has 1 saturated carbocycles. The Kier molecular flexibility index (Phi) is 7.59. The number of hydrogen-bond donors (Lipinski definition) is 1. The lowest BCUT2D eigenvalue weighted by Crippen LogP contribution is -2.52. The minimum Gasteiger partial charge on any atom is -0.446 e. The molecule has 7 nitrogen and oxygen atoms in total. The molecular formula is C24H37N3O4. The number of ether oxygens (including phenoxy) is 1. The Morgan fingerprint density at radius 1 is 1.26 bits per heavy atom. The maximum atomic E-state index is 13.0. The van der Waals surface area contributed by atoms with Gasteiger partial charge in [-0.1, -0.05) is 13.0 Å². The fourth-order valence-corrected chi connectivity index (χ4v) is 4.31. The third-order valence-electron chi connectivity index (χ3n) is 6.14. The highest BCUT2D eigenvalue weighted by molar-refractivity contribution is 6.04. The molecule has 0 spiro atoms. The third-order valence-corrected chi connectivity index (χ3v) is 6.14. The zero-order valence-corrected chi connectivity index (χ0v) is 19.5. The van der Waals surface area contributed by atoms with E-state index >= 15 is 0 Å². The number of fused-ring (bicyclic) bond motifs is 1. The molecule has 7 heteroatoms. The molecule has 1 N–H and O–H groups in total. The Balaban J connectivity index is 1.98. The van der Waals surface area contributed by atoms with Crippen molar-refractivity contribution in [2.75, 3.05) is 43.1 Å². The first-order chi connectivity index (χ1) is 14.8. The summed E-state index contributed by atoms with van der Waals surface area (Å²) >= 11 is 0. The van der Waals surface area contributed by atoms with Gasteiger partial charge in [0, 0.05) is 25.6 Å². The van der Waals surface area contributed by atoms with E-state index in [0.717, 1.165) is 42.7 Å². The van der Waals surface area contributed by atoms with Crippen LogP contribution in [0.4, 0.5) is 16.2 Å². The lowest BCUT2D eigenvalue weighted by atomic mass is 9.93. The van der Waals surface area contributed by atoms with Crippen molar-refractivity contribution in [3.63, 3.8) is 0 Å². The first-order valence-electron chi connectivity index (χ1n) is 11.5. The van der Waals surface area contributed by atoms with Gasteiger partial charge in [0.1, 0.15) is 0 Å². The predicted octanol–water partition coefficient (Wildman–Crippen LogP) is 3.60. The number of hydrogen-bond acceptors (Lipinski definition) is 5. The second-order valence-electron chi connectivity index (χ2n) is 9.21. The molecule has 2 aliphatic rings. The molecule has 1 fully saturated rings. The molecule has 0 bridgehead atoms. The Bertz CT molecular complexity index is 793. The van der Waals surface area contributed by atoms with Gasteiger partial charge in [-0.05, 0) is 70.7 Å². The molecule has 1 unspecified atom stereocenters. The Hall–Kier alpha value is -2.12. The van der Waals surface area contributed by atoms with E-state index in [2.05, 4.69) is 24.0 Å². The summed E-state index contributed by atoms with van der Waals surface area (Å²) in [6.45, 7) is 9.80. The van der Waals surface area contributed by atoms with E-state index < -0.39 is 0 Å². The zero-order chi connectivity index (χ0) is 22.7. The van der Waals surface area contributed by atoms with Gasteiger partial charge in [-0.2, -0.15) is 0 Å². The molecule has 1 aliphatic heterocycles. The second-order valence-corrected chi connectivity index (χ2v) is 9.21. The van der Waals surface area contributed by atoms with E-state index in [4.69, 9.17) is 4.74 Å². The van der Waals surface area contributed by atoms with Gasteiger partial charge in [-0.3, -0.25) is 9.69 Å². The van der Waals surface area contributed by atoms with Gasteiger partial charge in [0.15, 0.2) is 0 Å². The van der Waals surface area contributed by atoms with Crippen molar-refractivity contribution in [2.45, 2.75) is 65.0 Å². The van der Waals surface area contributed by atoms with Gasteiger partial charge in [-0.15, -0.1) is 0 Å². The third kappa shape index (κ3) is 5.39. The fourth-order valence-electron chi connectivity index (χ4n) is 4.31. The fraction of sp³-hybridized carbons (Fsp3) is 0.667.